The van der Waals surface area contributed by atoms with Gasteiger partial charge in [-0.25, -0.2) is 9.59 Å². The van der Waals surface area contributed by atoms with Crippen molar-refractivity contribution >= 4 is 34.5 Å². The van der Waals surface area contributed by atoms with Crippen molar-refractivity contribution in [1.82, 2.24) is 15.5 Å². The van der Waals surface area contributed by atoms with Crippen LogP contribution >= 0.6 is 0 Å². The average Bonchev–Trinajstić information content (AvgIpc) is 3.24. The summed E-state index contributed by atoms with van der Waals surface area (Å²) in [6.45, 7) is 1.66. The topological polar surface area (TPSA) is 157 Å². The van der Waals surface area contributed by atoms with Gasteiger partial charge in [0.1, 0.15) is 23.0 Å². The molecule has 4 aromatic rings. The number of fused-ring (bicyclic) bond motifs is 1. The molecule has 0 spiro atoms. The Morgan fingerprint density at radius 1 is 0.943 bits per heavy atom. The van der Waals surface area contributed by atoms with Crippen LogP contribution in [-0.4, -0.2) is 41.5 Å². The van der Waals surface area contributed by atoms with Crippen LogP contribution in [-0.2, 0) is 0 Å². The summed E-state index contributed by atoms with van der Waals surface area (Å²) < 4.78 is 21.4. The molecular formula is C23H21N5O7. The van der Waals surface area contributed by atoms with Gasteiger partial charge in [-0.3, -0.25) is 15.6 Å². The second-order valence-electron chi connectivity index (χ2n) is 7.17. The van der Waals surface area contributed by atoms with E-state index in [1.165, 1.54) is 32.4 Å². The fourth-order valence-corrected chi connectivity index (χ4v) is 3.17. The molecule has 2 aromatic heterocycles. The van der Waals surface area contributed by atoms with Gasteiger partial charge in [-0.15, -0.1) is 0 Å². The highest BCUT2D eigenvalue weighted by atomic mass is 16.5. The second-order valence-corrected chi connectivity index (χ2v) is 7.17. The molecule has 0 unspecified atom stereocenters. The summed E-state index contributed by atoms with van der Waals surface area (Å²) in [7, 11) is 3.06. The van der Waals surface area contributed by atoms with Crippen molar-refractivity contribution in [1.29, 1.82) is 0 Å². The van der Waals surface area contributed by atoms with E-state index >= 15 is 0 Å². The van der Waals surface area contributed by atoms with Crippen molar-refractivity contribution in [3.05, 3.63) is 54.4 Å². The van der Waals surface area contributed by atoms with Gasteiger partial charge in [0, 0.05) is 29.8 Å². The number of aryl methyl sites for hydroxylation is 1. The van der Waals surface area contributed by atoms with E-state index < -0.39 is 12.1 Å². The summed E-state index contributed by atoms with van der Waals surface area (Å²) in [6.07, 6.45) is 1.58. The number of amides is 4. The third-order valence-electron chi connectivity index (χ3n) is 4.75. The van der Waals surface area contributed by atoms with E-state index in [4.69, 9.17) is 18.7 Å². The molecule has 4 rings (SSSR count). The number of phenols is 1. The fraction of sp³-hybridized carbons (Fsp3) is 0.130. The van der Waals surface area contributed by atoms with Gasteiger partial charge in [0.25, 0.3) is 0 Å². The fourth-order valence-electron chi connectivity index (χ4n) is 3.17. The quantitative estimate of drug-likeness (QED) is 0.294. The number of ether oxygens (including phenoxy) is 3. The Morgan fingerprint density at radius 2 is 1.69 bits per heavy atom. The van der Waals surface area contributed by atoms with Crippen molar-refractivity contribution in [2.24, 2.45) is 0 Å². The largest absolute Gasteiger partial charge is 0.506 e. The van der Waals surface area contributed by atoms with Crippen LogP contribution < -0.4 is 30.2 Å². The van der Waals surface area contributed by atoms with Gasteiger partial charge in [-0.2, -0.15) is 0 Å². The summed E-state index contributed by atoms with van der Waals surface area (Å²) in [5.41, 5.74) is 0.685. The number of hydrogen-bond acceptors (Lipinski definition) is 9. The maximum Gasteiger partial charge on any atom is 0.328 e. The molecule has 0 aliphatic heterocycles. The highest BCUT2D eigenvalue weighted by Gasteiger charge is 2.14. The predicted molar refractivity (Wildman–Crippen MR) is 125 cm³/mol. The first-order chi connectivity index (χ1) is 16.9. The molecular weight excluding hydrogens is 458 g/mol. The average molecular weight is 479 g/mol. The molecule has 4 amide bonds. The third-order valence-corrected chi connectivity index (χ3v) is 4.75. The van der Waals surface area contributed by atoms with Gasteiger partial charge in [-0.05, 0) is 31.2 Å². The van der Waals surface area contributed by atoms with E-state index in [2.05, 4.69) is 26.1 Å². The summed E-state index contributed by atoms with van der Waals surface area (Å²) >= 11 is 0. The molecule has 0 fully saturated rings. The van der Waals surface area contributed by atoms with Gasteiger partial charge in [0.05, 0.1) is 25.4 Å². The number of methoxy groups -OCH3 is 2. The van der Waals surface area contributed by atoms with E-state index in [1.807, 2.05) is 0 Å². The lowest BCUT2D eigenvalue weighted by molar-refractivity contribution is 0.240. The molecule has 12 heteroatoms. The molecule has 4 N–H and O–H groups in total. The molecule has 12 nitrogen and oxygen atoms in total. The number of nitrogens with one attached hydrogen (secondary N) is 3. The summed E-state index contributed by atoms with van der Waals surface area (Å²) in [5.74, 6) is 2.17. The van der Waals surface area contributed by atoms with Crippen molar-refractivity contribution in [3.8, 4) is 28.7 Å². The van der Waals surface area contributed by atoms with E-state index in [0.717, 1.165) is 0 Å². The van der Waals surface area contributed by atoms with Crippen LogP contribution in [0.2, 0.25) is 0 Å². The smallest absolute Gasteiger partial charge is 0.328 e. The highest BCUT2D eigenvalue weighted by Crippen LogP contribution is 2.38. The van der Waals surface area contributed by atoms with E-state index in [9.17, 15) is 14.7 Å². The van der Waals surface area contributed by atoms with Gasteiger partial charge < -0.3 is 29.2 Å². The number of carbonyl (C=O) groups is 2. The van der Waals surface area contributed by atoms with Gasteiger partial charge >= 0.3 is 12.1 Å². The molecule has 0 saturated carbocycles. The normalized spacial score (nSPS) is 10.5. The number of aromatic hydroxyl groups is 1. The number of pyridine rings is 1. The minimum absolute atomic E-state index is 0.0610. The zero-order valence-electron chi connectivity index (χ0n) is 18.9. The van der Waals surface area contributed by atoms with Gasteiger partial charge in [0.15, 0.2) is 17.3 Å². The summed E-state index contributed by atoms with van der Waals surface area (Å²) in [6, 6.07) is 9.21. The standard InChI is InChI=1S/C23H21N5O7/c1-12-8-21(28-35-12)26-23(31)27-22(30)25-15-5-4-13(9-17(15)29)34-18-6-7-24-16-11-20(33-3)19(32-2)10-14(16)18/h4-11,29H,1-3H3,(H3,25,26,27,28,30,31). The Balaban J connectivity index is 1.45. The number of aromatic nitrogens is 2. The first kappa shape index (κ1) is 23.2. The van der Waals surface area contributed by atoms with E-state index in [0.29, 0.717) is 39.7 Å². The minimum atomic E-state index is -0.868. The van der Waals surface area contributed by atoms with Crippen LogP contribution in [0.15, 0.2) is 53.2 Å². The Bertz CT molecular complexity index is 1400. The van der Waals surface area contributed by atoms with Crippen LogP contribution in [0.5, 0.6) is 28.7 Å². The van der Waals surface area contributed by atoms with Crippen molar-refractivity contribution in [2.45, 2.75) is 6.92 Å². The maximum atomic E-state index is 12.1. The zero-order chi connectivity index (χ0) is 24.9. The van der Waals surface area contributed by atoms with Crippen LogP contribution in [0.1, 0.15) is 5.76 Å². The lowest BCUT2D eigenvalue weighted by atomic mass is 10.2. The molecule has 0 aliphatic rings. The molecule has 0 saturated heterocycles. The molecule has 2 aromatic carbocycles. The van der Waals surface area contributed by atoms with Crippen molar-refractivity contribution in [3.63, 3.8) is 0 Å². The number of anilines is 2. The first-order valence-corrected chi connectivity index (χ1v) is 10.2. The number of hydrogen-bond donors (Lipinski definition) is 4. The Kier molecular flexibility index (Phi) is 6.53. The first-order valence-electron chi connectivity index (χ1n) is 10.2. The molecule has 0 atom stereocenters. The molecule has 180 valence electrons. The summed E-state index contributed by atoms with van der Waals surface area (Å²) in [4.78, 5) is 28.3. The van der Waals surface area contributed by atoms with Gasteiger partial charge in [0.2, 0.25) is 0 Å². The van der Waals surface area contributed by atoms with E-state index in [-0.39, 0.29) is 17.3 Å². The van der Waals surface area contributed by atoms with Crippen LogP contribution in [0, 0.1) is 6.92 Å². The number of rotatable bonds is 6. The Hall–Kier alpha value is -5.00. The lowest BCUT2D eigenvalue weighted by Gasteiger charge is -2.13. The molecule has 0 radical (unpaired) electrons. The third kappa shape index (κ3) is 5.33. The predicted octanol–water partition coefficient (Wildman–Crippen LogP) is 4.40. The number of phenolic OH excluding ortho intramolecular Hbond substituents is 1. The molecule has 35 heavy (non-hydrogen) atoms. The number of carbonyl (C=O) groups excluding carboxylic acids is 2. The number of nitrogens with zero attached hydrogens (tertiary/aromatic N) is 2. The Morgan fingerprint density at radius 3 is 2.37 bits per heavy atom. The maximum absolute atomic E-state index is 12.1. The van der Waals surface area contributed by atoms with Crippen LogP contribution in [0.25, 0.3) is 10.9 Å². The second kappa shape index (κ2) is 9.87. The monoisotopic (exact) mass is 479 g/mol. The Labute approximate surface area is 198 Å². The zero-order valence-corrected chi connectivity index (χ0v) is 18.9. The SMILES string of the molecule is COc1cc2nccc(Oc3ccc(NC(=O)NC(=O)Nc4cc(C)on4)c(O)c3)c2cc1OC. The van der Waals surface area contributed by atoms with Crippen LogP contribution in [0.4, 0.5) is 21.1 Å². The van der Waals surface area contributed by atoms with E-state index in [1.54, 1.807) is 37.4 Å². The lowest BCUT2D eigenvalue weighted by Crippen LogP contribution is -2.37. The van der Waals surface area contributed by atoms with Crippen molar-refractivity contribution < 1.29 is 33.4 Å². The summed E-state index contributed by atoms with van der Waals surface area (Å²) in [5, 5.41) is 21.4. The van der Waals surface area contributed by atoms with Crippen LogP contribution in [0.3, 0.4) is 0 Å². The molecule has 2 heterocycles. The number of imide groups is 1. The van der Waals surface area contributed by atoms with Gasteiger partial charge in [-0.1, -0.05) is 5.16 Å². The number of benzene rings is 2. The highest BCUT2D eigenvalue weighted by molar-refractivity contribution is 6.05. The minimum Gasteiger partial charge on any atom is -0.506 e. The number of urea groups is 2. The molecule has 0 bridgehead atoms. The molecule has 0 aliphatic carbocycles. The van der Waals surface area contributed by atoms with Crippen molar-refractivity contribution in [2.75, 3.05) is 24.9 Å².